The van der Waals surface area contributed by atoms with E-state index in [9.17, 15) is 14.4 Å². The van der Waals surface area contributed by atoms with E-state index in [1.807, 2.05) is 0 Å². The first-order valence-corrected chi connectivity index (χ1v) is 10.5. The molecule has 0 aliphatic rings. The highest BCUT2D eigenvalue weighted by molar-refractivity contribution is 6.32. The van der Waals surface area contributed by atoms with Crippen LogP contribution >= 0.6 is 11.6 Å². The van der Waals surface area contributed by atoms with Crippen molar-refractivity contribution in [1.82, 2.24) is 4.98 Å². The van der Waals surface area contributed by atoms with Crippen LogP contribution < -0.4 is 20.1 Å². The van der Waals surface area contributed by atoms with E-state index in [0.29, 0.717) is 22.9 Å². The fraction of sp³-hybridized carbons (Fsp3) is 0.167. The van der Waals surface area contributed by atoms with Gasteiger partial charge in [0, 0.05) is 18.0 Å². The summed E-state index contributed by atoms with van der Waals surface area (Å²) in [6.45, 7) is 1.21. The maximum Gasteiger partial charge on any atom is 0.338 e. The number of anilines is 2. The maximum absolute atomic E-state index is 12.4. The van der Waals surface area contributed by atoms with Crippen molar-refractivity contribution >= 4 is 40.8 Å². The number of halogens is 1. The molecule has 0 aliphatic carbocycles. The number of ether oxygens (including phenoxy) is 3. The van der Waals surface area contributed by atoms with Crippen LogP contribution in [0.4, 0.5) is 11.4 Å². The monoisotopic (exact) mass is 483 g/mol. The van der Waals surface area contributed by atoms with Gasteiger partial charge in [0.05, 0.1) is 18.4 Å². The van der Waals surface area contributed by atoms with Crippen LogP contribution in [0.1, 0.15) is 17.3 Å². The average Bonchev–Trinajstić information content (AvgIpc) is 2.84. The number of amides is 2. The van der Waals surface area contributed by atoms with Crippen LogP contribution in [-0.4, -0.2) is 42.6 Å². The minimum Gasteiger partial charge on any atom is -0.497 e. The van der Waals surface area contributed by atoms with Gasteiger partial charge < -0.3 is 24.8 Å². The number of carbonyl (C=O) groups excluding carboxylic acids is 3. The molecule has 1 unspecified atom stereocenters. The molecule has 3 rings (SSSR count). The molecule has 0 saturated carbocycles. The van der Waals surface area contributed by atoms with Crippen LogP contribution in [0.25, 0.3) is 0 Å². The molecule has 3 aromatic rings. The van der Waals surface area contributed by atoms with Gasteiger partial charge >= 0.3 is 5.97 Å². The summed E-state index contributed by atoms with van der Waals surface area (Å²) in [4.78, 5) is 40.6. The first kappa shape index (κ1) is 24.5. The van der Waals surface area contributed by atoms with Crippen molar-refractivity contribution < 1.29 is 28.6 Å². The third-order valence-corrected chi connectivity index (χ3v) is 4.78. The second-order valence-corrected chi connectivity index (χ2v) is 7.33. The lowest BCUT2D eigenvalue weighted by atomic mass is 10.2. The number of benzene rings is 2. The van der Waals surface area contributed by atoms with E-state index < -0.39 is 18.0 Å². The SMILES string of the molecule is COc1cccc(NC(=O)COc2ccc(C(=O)OC(C)C(=O)Nc3cccnc3Cl)cc2)c1. The third kappa shape index (κ3) is 6.94. The highest BCUT2D eigenvalue weighted by Gasteiger charge is 2.20. The number of pyridine rings is 1. The van der Waals surface area contributed by atoms with Gasteiger partial charge in [-0.3, -0.25) is 9.59 Å². The summed E-state index contributed by atoms with van der Waals surface area (Å²) in [5.74, 6) is -0.596. The number of nitrogens with one attached hydrogen (secondary N) is 2. The van der Waals surface area contributed by atoms with Gasteiger partial charge in [0.25, 0.3) is 11.8 Å². The van der Waals surface area contributed by atoms with Crippen LogP contribution in [-0.2, 0) is 14.3 Å². The zero-order chi connectivity index (χ0) is 24.5. The molecule has 0 spiro atoms. The molecular weight excluding hydrogens is 462 g/mol. The highest BCUT2D eigenvalue weighted by atomic mass is 35.5. The molecule has 1 atom stereocenters. The number of rotatable bonds is 9. The number of aromatic nitrogens is 1. The van der Waals surface area contributed by atoms with E-state index in [4.69, 9.17) is 25.8 Å². The molecule has 0 radical (unpaired) electrons. The Labute approximate surface area is 201 Å². The van der Waals surface area contributed by atoms with Crippen LogP contribution in [0.15, 0.2) is 66.9 Å². The second kappa shape index (κ2) is 11.7. The van der Waals surface area contributed by atoms with E-state index in [1.54, 1.807) is 36.4 Å². The standard InChI is InChI=1S/C24H22ClN3O6/c1-15(23(30)28-20-7-4-12-26-22(20)25)34-24(31)16-8-10-18(11-9-16)33-14-21(29)27-17-5-3-6-19(13-17)32-2/h3-13,15H,14H2,1-2H3,(H,27,29)(H,28,30). The number of nitrogens with zero attached hydrogens (tertiary/aromatic N) is 1. The Morgan fingerprint density at radius 1 is 1.00 bits per heavy atom. The van der Waals surface area contributed by atoms with Gasteiger partial charge in [-0.25, -0.2) is 9.78 Å². The van der Waals surface area contributed by atoms with Gasteiger partial charge in [-0.1, -0.05) is 17.7 Å². The summed E-state index contributed by atoms with van der Waals surface area (Å²) in [5.41, 5.74) is 1.11. The lowest BCUT2D eigenvalue weighted by molar-refractivity contribution is -0.123. The van der Waals surface area contributed by atoms with Gasteiger partial charge in [-0.2, -0.15) is 0 Å². The fourth-order valence-electron chi connectivity index (χ4n) is 2.73. The first-order valence-electron chi connectivity index (χ1n) is 10.1. The van der Waals surface area contributed by atoms with Crippen molar-refractivity contribution in [1.29, 1.82) is 0 Å². The molecular formula is C24H22ClN3O6. The molecule has 2 amide bonds. The summed E-state index contributed by atoms with van der Waals surface area (Å²) < 4.78 is 15.8. The molecule has 1 aromatic heterocycles. The van der Waals surface area contributed by atoms with Crippen LogP contribution in [0.3, 0.4) is 0 Å². The van der Waals surface area contributed by atoms with Gasteiger partial charge in [0.1, 0.15) is 11.5 Å². The smallest absolute Gasteiger partial charge is 0.338 e. The minimum atomic E-state index is -1.07. The Balaban J connectivity index is 1.48. The summed E-state index contributed by atoms with van der Waals surface area (Å²) in [7, 11) is 1.54. The van der Waals surface area contributed by atoms with E-state index in [0.717, 1.165) is 0 Å². The number of carbonyl (C=O) groups is 3. The molecule has 176 valence electrons. The number of hydrogen-bond acceptors (Lipinski definition) is 7. The number of methoxy groups -OCH3 is 1. The van der Waals surface area contributed by atoms with Gasteiger partial charge in [0.15, 0.2) is 17.9 Å². The predicted octanol–water partition coefficient (Wildman–Crippen LogP) is 3.95. The van der Waals surface area contributed by atoms with E-state index >= 15 is 0 Å². The Morgan fingerprint density at radius 2 is 1.76 bits per heavy atom. The Morgan fingerprint density at radius 3 is 2.47 bits per heavy atom. The molecule has 0 bridgehead atoms. The number of hydrogen-bond donors (Lipinski definition) is 2. The molecule has 0 fully saturated rings. The summed E-state index contributed by atoms with van der Waals surface area (Å²) in [6, 6.07) is 16.1. The second-order valence-electron chi connectivity index (χ2n) is 6.97. The molecule has 1 heterocycles. The normalized spacial score (nSPS) is 11.1. The van der Waals surface area contributed by atoms with Crippen molar-refractivity contribution in [2.75, 3.05) is 24.4 Å². The van der Waals surface area contributed by atoms with Crippen molar-refractivity contribution in [3.8, 4) is 11.5 Å². The average molecular weight is 484 g/mol. The Bertz CT molecular complexity index is 1170. The Kier molecular flexibility index (Phi) is 8.42. The summed E-state index contributed by atoms with van der Waals surface area (Å²) in [6.07, 6.45) is 0.419. The summed E-state index contributed by atoms with van der Waals surface area (Å²) >= 11 is 5.91. The number of esters is 1. The summed E-state index contributed by atoms with van der Waals surface area (Å²) in [5, 5.41) is 5.38. The maximum atomic E-state index is 12.4. The van der Waals surface area contributed by atoms with Crippen molar-refractivity contribution in [2.45, 2.75) is 13.0 Å². The van der Waals surface area contributed by atoms with Crippen molar-refractivity contribution in [2.24, 2.45) is 0 Å². The van der Waals surface area contributed by atoms with E-state index in [2.05, 4.69) is 15.6 Å². The highest BCUT2D eigenvalue weighted by Crippen LogP contribution is 2.19. The minimum absolute atomic E-state index is 0.127. The first-order chi connectivity index (χ1) is 16.4. The van der Waals surface area contributed by atoms with E-state index in [1.165, 1.54) is 44.5 Å². The Hall–Kier alpha value is -4.11. The molecule has 2 N–H and O–H groups in total. The topological polar surface area (TPSA) is 116 Å². The van der Waals surface area contributed by atoms with Crippen LogP contribution in [0.5, 0.6) is 11.5 Å². The van der Waals surface area contributed by atoms with Gasteiger partial charge in [-0.05, 0) is 55.5 Å². The third-order valence-electron chi connectivity index (χ3n) is 4.48. The van der Waals surface area contributed by atoms with Crippen molar-refractivity contribution in [3.05, 3.63) is 77.6 Å². The van der Waals surface area contributed by atoms with E-state index in [-0.39, 0.29) is 23.2 Å². The fourth-order valence-corrected chi connectivity index (χ4v) is 2.90. The molecule has 2 aromatic carbocycles. The molecule has 9 nitrogen and oxygen atoms in total. The van der Waals surface area contributed by atoms with Crippen molar-refractivity contribution in [3.63, 3.8) is 0 Å². The lowest BCUT2D eigenvalue weighted by Gasteiger charge is -2.14. The molecule has 34 heavy (non-hydrogen) atoms. The van der Waals surface area contributed by atoms with Crippen LogP contribution in [0, 0.1) is 0 Å². The zero-order valence-electron chi connectivity index (χ0n) is 18.4. The predicted molar refractivity (Wildman–Crippen MR) is 126 cm³/mol. The lowest BCUT2D eigenvalue weighted by Crippen LogP contribution is -2.30. The van der Waals surface area contributed by atoms with Gasteiger partial charge in [0.2, 0.25) is 0 Å². The zero-order valence-corrected chi connectivity index (χ0v) is 19.2. The quantitative estimate of drug-likeness (QED) is 0.349. The van der Waals surface area contributed by atoms with Gasteiger partial charge in [-0.15, -0.1) is 0 Å². The molecule has 0 saturated heterocycles. The molecule has 0 aliphatic heterocycles. The largest absolute Gasteiger partial charge is 0.497 e. The van der Waals surface area contributed by atoms with Crippen LogP contribution in [0.2, 0.25) is 5.15 Å². The molecule has 10 heteroatoms.